The Labute approximate surface area is 129 Å². The van der Waals surface area contributed by atoms with Crippen LogP contribution in [0.15, 0.2) is 0 Å². The molecule has 1 heterocycles. The summed E-state index contributed by atoms with van der Waals surface area (Å²) in [7, 11) is 0. The third kappa shape index (κ3) is 3.98. The highest BCUT2D eigenvalue weighted by Gasteiger charge is 2.35. The van der Waals surface area contributed by atoms with E-state index in [-0.39, 0.29) is 24.0 Å². The van der Waals surface area contributed by atoms with Crippen LogP contribution < -0.4 is 10.6 Å². The summed E-state index contributed by atoms with van der Waals surface area (Å²) in [6.07, 6.45) is 9.11. The predicted octanol–water partition coefficient (Wildman–Crippen LogP) is 2.21. The van der Waals surface area contributed by atoms with Gasteiger partial charge in [0.15, 0.2) is 0 Å². The molecule has 0 aromatic carbocycles. The van der Waals surface area contributed by atoms with Gasteiger partial charge in [-0.2, -0.15) is 0 Å². The van der Waals surface area contributed by atoms with Gasteiger partial charge in [0.05, 0.1) is 12.6 Å². The standard InChI is InChI=1S/C17H32N2O2/c1-3-17(4-2,12-20)11-18-16(21)15-10-9-13-7-5-6-8-14(13)19-15/h13-15,19-20H,3-12H2,1-2H3,(H,18,21). The second kappa shape index (κ2) is 7.59. The average Bonchev–Trinajstić information content (AvgIpc) is 2.56. The van der Waals surface area contributed by atoms with Crippen LogP contribution in [0.1, 0.15) is 65.2 Å². The second-order valence-electron chi connectivity index (χ2n) is 7.03. The molecule has 1 aliphatic carbocycles. The van der Waals surface area contributed by atoms with Crippen molar-refractivity contribution in [3.63, 3.8) is 0 Å². The minimum Gasteiger partial charge on any atom is -0.396 e. The molecular weight excluding hydrogens is 264 g/mol. The number of rotatable bonds is 6. The summed E-state index contributed by atoms with van der Waals surface area (Å²) in [5.74, 6) is 0.907. The van der Waals surface area contributed by atoms with Gasteiger partial charge in [-0.05, 0) is 44.4 Å². The third-order valence-corrected chi connectivity index (χ3v) is 5.94. The van der Waals surface area contributed by atoms with Crippen molar-refractivity contribution in [2.75, 3.05) is 13.2 Å². The average molecular weight is 296 g/mol. The van der Waals surface area contributed by atoms with Gasteiger partial charge in [0.1, 0.15) is 0 Å². The summed E-state index contributed by atoms with van der Waals surface area (Å²) >= 11 is 0. The Morgan fingerprint density at radius 1 is 1.19 bits per heavy atom. The van der Waals surface area contributed by atoms with E-state index in [2.05, 4.69) is 24.5 Å². The van der Waals surface area contributed by atoms with Crippen LogP contribution in [-0.4, -0.2) is 36.2 Å². The zero-order valence-electron chi connectivity index (χ0n) is 13.7. The number of carbonyl (C=O) groups excluding carboxylic acids is 1. The highest BCUT2D eigenvalue weighted by Crippen LogP contribution is 2.32. The van der Waals surface area contributed by atoms with E-state index in [0.29, 0.717) is 12.6 Å². The van der Waals surface area contributed by atoms with E-state index in [0.717, 1.165) is 25.2 Å². The third-order valence-electron chi connectivity index (χ3n) is 5.94. The van der Waals surface area contributed by atoms with Gasteiger partial charge in [-0.15, -0.1) is 0 Å². The molecular formula is C17H32N2O2. The molecule has 3 unspecified atom stereocenters. The van der Waals surface area contributed by atoms with Gasteiger partial charge in [0.25, 0.3) is 0 Å². The van der Waals surface area contributed by atoms with Crippen molar-refractivity contribution in [2.45, 2.75) is 77.3 Å². The van der Waals surface area contributed by atoms with Crippen LogP contribution >= 0.6 is 0 Å². The molecule has 0 bridgehead atoms. The Bertz CT molecular complexity index is 333. The van der Waals surface area contributed by atoms with E-state index < -0.39 is 0 Å². The predicted molar refractivity (Wildman–Crippen MR) is 85.0 cm³/mol. The van der Waals surface area contributed by atoms with E-state index in [9.17, 15) is 9.90 Å². The van der Waals surface area contributed by atoms with Crippen LogP contribution in [-0.2, 0) is 4.79 Å². The Balaban J connectivity index is 1.83. The van der Waals surface area contributed by atoms with Crippen LogP contribution in [0.3, 0.4) is 0 Å². The van der Waals surface area contributed by atoms with Crippen LogP contribution in [0, 0.1) is 11.3 Å². The summed E-state index contributed by atoms with van der Waals surface area (Å²) in [6.45, 7) is 4.89. The normalized spacial score (nSPS) is 29.8. The lowest BCUT2D eigenvalue weighted by molar-refractivity contribution is -0.125. The van der Waals surface area contributed by atoms with E-state index >= 15 is 0 Å². The first-order valence-corrected chi connectivity index (χ1v) is 8.78. The first kappa shape index (κ1) is 16.8. The monoisotopic (exact) mass is 296 g/mol. The summed E-state index contributed by atoms with van der Waals surface area (Å²) in [6, 6.07) is 0.512. The Kier molecular flexibility index (Phi) is 6.06. The molecule has 0 radical (unpaired) electrons. The van der Waals surface area contributed by atoms with E-state index in [1.165, 1.54) is 32.1 Å². The van der Waals surface area contributed by atoms with E-state index in [1.54, 1.807) is 0 Å². The molecule has 2 fully saturated rings. The molecule has 3 N–H and O–H groups in total. The van der Waals surface area contributed by atoms with Crippen molar-refractivity contribution in [3.8, 4) is 0 Å². The molecule has 1 saturated heterocycles. The molecule has 21 heavy (non-hydrogen) atoms. The molecule has 2 rings (SSSR count). The molecule has 4 nitrogen and oxygen atoms in total. The molecule has 1 aliphatic heterocycles. The quantitative estimate of drug-likeness (QED) is 0.704. The summed E-state index contributed by atoms with van der Waals surface area (Å²) in [5.41, 5.74) is -0.155. The van der Waals surface area contributed by atoms with E-state index in [4.69, 9.17) is 0 Å². The fraction of sp³-hybridized carbons (Fsp3) is 0.941. The maximum atomic E-state index is 12.4. The number of fused-ring (bicyclic) bond motifs is 1. The molecule has 3 atom stereocenters. The van der Waals surface area contributed by atoms with Crippen LogP contribution in [0.4, 0.5) is 0 Å². The zero-order chi connectivity index (χ0) is 15.3. The number of aliphatic hydroxyl groups excluding tert-OH is 1. The molecule has 0 aromatic rings. The van der Waals surface area contributed by atoms with Crippen molar-refractivity contribution >= 4 is 5.91 Å². The van der Waals surface area contributed by atoms with Gasteiger partial charge in [-0.25, -0.2) is 0 Å². The van der Waals surface area contributed by atoms with Gasteiger partial charge >= 0.3 is 0 Å². The van der Waals surface area contributed by atoms with Crippen molar-refractivity contribution in [1.29, 1.82) is 0 Å². The first-order valence-electron chi connectivity index (χ1n) is 8.78. The van der Waals surface area contributed by atoms with Crippen molar-refractivity contribution < 1.29 is 9.90 Å². The molecule has 122 valence electrons. The molecule has 1 amide bonds. The summed E-state index contributed by atoms with van der Waals surface area (Å²) < 4.78 is 0. The summed E-state index contributed by atoms with van der Waals surface area (Å²) in [5, 5.41) is 16.2. The molecule has 0 spiro atoms. The maximum absolute atomic E-state index is 12.4. The highest BCUT2D eigenvalue weighted by molar-refractivity contribution is 5.81. The van der Waals surface area contributed by atoms with Crippen LogP contribution in [0.5, 0.6) is 0 Å². The van der Waals surface area contributed by atoms with Crippen molar-refractivity contribution in [1.82, 2.24) is 10.6 Å². The largest absolute Gasteiger partial charge is 0.396 e. The minimum absolute atomic E-state index is 0.0329. The van der Waals surface area contributed by atoms with Gasteiger partial charge in [-0.1, -0.05) is 26.7 Å². The SMILES string of the molecule is CCC(CC)(CO)CNC(=O)C1CCC2CCCCC2N1. The second-order valence-corrected chi connectivity index (χ2v) is 7.03. The van der Waals surface area contributed by atoms with Crippen LogP contribution in [0.2, 0.25) is 0 Å². The topological polar surface area (TPSA) is 61.4 Å². The Morgan fingerprint density at radius 3 is 2.57 bits per heavy atom. The molecule has 4 heteroatoms. The molecule has 0 aromatic heterocycles. The number of nitrogens with one attached hydrogen (secondary N) is 2. The van der Waals surface area contributed by atoms with Gasteiger partial charge < -0.3 is 15.7 Å². The van der Waals surface area contributed by atoms with Crippen molar-refractivity contribution in [2.24, 2.45) is 11.3 Å². The number of hydrogen-bond donors (Lipinski definition) is 3. The lowest BCUT2D eigenvalue weighted by Gasteiger charge is -2.40. The van der Waals surface area contributed by atoms with Gasteiger partial charge in [0.2, 0.25) is 5.91 Å². The number of carbonyl (C=O) groups is 1. The number of aliphatic hydroxyl groups is 1. The maximum Gasteiger partial charge on any atom is 0.237 e. The minimum atomic E-state index is -0.155. The van der Waals surface area contributed by atoms with Gasteiger partial charge in [0, 0.05) is 18.0 Å². The number of amides is 1. The van der Waals surface area contributed by atoms with E-state index in [1.807, 2.05) is 0 Å². The number of hydrogen-bond acceptors (Lipinski definition) is 3. The van der Waals surface area contributed by atoms with Gasteiger partial charge in [-0.3, -0.25) is 4.79 Å². The van der Waals surface area contributed by atoms with Crippen LogP contribution in [0.25, 0.3) is 0 Å². The lowest BCUT2D eigenvalue weighted by Crippen LogP contribution is -2.56. The Hall–Kier alpha value is -0.610. The lowest BCUT2D eigenvalue weighted by atomic mass is 9.77. The zero-order valence-corrected chi connectivity index (χ0v) is 13.7. The summed E-state index contributed by atoms with van der Waals surface area (Å²) in [4.78, 5) is 12.4. The molecule has 1 saturated carbocycles. The van der Waals surface area contributed by atoms with Crippen molar-refractivity contribution in [3.05, 3.63) is 0 Å². The fourth-order valence-corrected chi connectivity index (χ4v) is 3.88. The number of piperidine rings is 1. The smallest absolute Gasteiger partial charge is 0.237 e. The highest BCUT2D eigenvalue weighted by atomic mass is 16.3. The first-order chi connectivity index (χ1) is 10.1. The Morgan fingerprint density at radius 2 is 1.90 bits per heavy atom. The molecule has 2 aliphatic rings. The fourth-order valence-electron chi connectivity index (χ4n) is 3.88.